The third-order valence-electron chi connectivity index (χ3n) is 4.37. The summed E-state index contributed by atoms with van der Waals surface area (Å²) in [5.74, 6) is -0.0190. The van der Waals surface area contributed by atoms with Gasteiger partial charge in [-0.05, 0) is 46.8 Å². The van der Waals surface area contributed by atoms with Crippen LogP contribution in [0.25, 0.3) is 0 Å². The number of carbonyl (C=O) groups is 1. The van der Waals surface area contributed by atoms with Crippen LogP contribution in [0.3, 0.4) is 0 Å². The minimum atomic E-state index is -3.41. The predicted octanol–water partition coefficient (Wildman–Crippen LogP) is 1.44. The van der Waals surface area contributed by atoms with Crippen LogP contribution in [0.1, 0.15) is 35.9 Å². The number of hydrogen-bond acceptors (Lipinski definition) is 9. The number of thioether (sulfide) groups is 1. The number of benzene rings is 1. The number of anilines is 1. The summed E-state index contributed by atoms with van der Waals surface area (Å²) in [5.41, 5.74) is 1.22. The highest BCUT2D eigenvalue weighted by Crippen LogP contribution is 2.42. The largest absolute Gasteiger partial charge is 0.454 e. The fraction of sp³-hybridized carbons (Fsp3) is 0.438. The van der Waals surface area contributed by atoms with Gasteiger partial charge in [-0.2, -0.15) is 0 Å². The molecule has 2 aromatic rings. The molecule has 2 aliphatic heterocycles. The average Bonchev–Trinajstić information content (AvgIpc) is 3.25. The number of carbonyl (C=O) groups excluding carboxylic acids is 1. The molecule has 3 heterocycles. The Morgan fingerprint density at radius 3 is 3.04 bits per heavy atom. The Labute approximate surface area is 166 Å². The van der Waals surface area contributed by atoms with Crippen molar-refractivity contribution in [3.63, 3.8) is 0 Å². The van der Waals surface area contributed by atoms with Gasteiger partial charge in [0.15, 0.2) is 17.6 Å². The molecule has 0 amide bonds. The monoisotopic (exact) mass is 422 g/mol. The molecule has 0 fully saturated rings. The molecular formula is C16H18N6O4S2. The summed E-state index contributed by atoms with van der Waals surface area (Å²) in [6.45, 7) is 3.08. The summed E-state index contributed by atoms with van der Waals surface area (Å²) in [5, 5.41) is 11.8. The van der Waals surface area contributed by atoms with E-state index in [1.54, 1.807) is 22.9 Å². The lowest BCUT2D eigenvalue weighted by molar-refractivity contribution is 0.0456. The number of amidine groups is 1. The number of esters is 1. The Hall–Kier alpha value is -2.47. The molecule has 1 aromatic heterocycles. The lowest BCUT2D eigenvalue weighted by Crippen LogP contribution is -2.35. The molecule has 12 heteroatoms. The van der Waals surface area contributed by atoms with E-state index in [0.717, 1.165) is 23.4 Å². The molecule has 4 rings (SSSR count). The second kappa shape index (κ2) is 7.51. The van der Waals surface area contributed by atoms with Gasteiger partial charge in [-0.3, -0.25) is 0 Å². The van der Waals surface area contributed by atoms with Gasteiger partial charge in [-0.25, -0.2) is 17.9 Å². The molecule has 10 nitrogen and oxygen atoms in total. The van der Waals surface area contributed by atoms with Crippen molar-refractivity contribution in [2.45, 2.75) is 37.8 Å². The second-order valence-corrected chi connectivity index (χ2v) is 9.11. The van der Waals surface area contributed by atoms with Crippen molar-refractivity contribution in [3.05, 3.63) is 29.6 Å². The van der Waals surface area contributed by atoms with Crippen molar-refractivity contribution in [1.29, 1.82) is 0 Å². The Morgan fingerprint density at radius 2 is 2.21 bits per heavy atom. The second-order valence-electron chi connectivity index (χ2n) is 6.34. The zero-order valence-electron chi connectivity index (χ0n) is 15.1. The van der Waals surface area contributed by atoms with Gasteiger partial charge >= 0.3 is 5.97 Å². The van der Waals surface area contributed by atoms with Crippen LogP contribution < -0.4 is 4.90 Å². The normalized spacial score (nSPS) is 17.0. The van der Waals surface area contributed by atoms with Crippen LogP contribution in [-0.2, 0) is 27.9 Å². The van der Waals surface area contributed by atoms with Gasteiger partial charge in [0.05, 0.1) is 17.0 Å². The van der Waals surface area contributed by atoms with E-state index in [9.17, 15) is 13.2 Å². The molecule has 2 aliphatic rings. The van der Waals surface area contributed by atoms with E-state index in [4.69, 9.17) is 4.74 Å². The van der Waals surface area contributed by atoms with Crippen LogP contribution in [0, 0.1) is 0 Å². The van der Waals surface area contributed by atoms with E-state index >= 15 is 0 Å². The van der Waals surface area contributed by atoms with E-state index in [2.05, 4.69) is 26.8 Å². The van der Waals surface area contributed by atoms with E-state index in [1.807, 2.05) is 4.90 Å². The molecule has 0 saturated carbocycles. The van der Waals surface area contributed by atoms with Crippen LogP contribution in [0.5, 0.6) is 0 Å². The number of fused-ring (bicyclic) bond motifs is 3. The highest BCUT2D eigenvalue weighted by atomic mass is 32.2. The lowest BCUT2D eigenvalue weighted by atomic mass is 10.2. The van der Waals surface area contributed by atoms with Crippen LogP contribution >= 0.6 is 11.8 Å². The number of aromatic nitrogens is 4. The van der Waals surface area contributed by atoms with Gasteiger partial charge in [-0.15, -0.1) is 9.50 Å². The number of sulfonamides is 1. The van der Waals surface area contributed by atoms with E-state index < -0.39 is 16.0 Å². The molecule has 1 aromatic carbocycles. The molecule has 0 atom stereocenters. The Bertz CT molecular complexity index is 1050. The smallest absolute Gasteiger partial charge is 0.338 e. The van der Waals surface area contributed by atoms with E-state index in [0.29, 0.717) is 29.6 Å². The molecule has 148 valence electrons. The quantitative estimate of drug-likeness (QED) is 0.637. The van der Waals surface area contributed by atoms with Crippen LogP contribution in [-0.4, -0.2) is 52.1 Å². The Morgan fingerprint density at radius 1 is 1.36 bits per heavy atom. The van der Waals surface area contributed by atoms with Gasteiger partial charge in [0.25, 0.3) is 10.0 Å². The summed E-state index contributed by atoms with van der Waals surface area (Å²) in [7, 11) is -3.41. The Balaban J connectivity index is 1.46. The molecule has 0 N–H and O–H groups in total. The van der Waals surface area contributed by atoms with Crippen LogP contribution in [0.15, 0.2) is 27.5 Å². The predicted molar refractivity (Wildman–Crippen MR) is 103 cm³/mol. The number of hydrogen-bond donors (Lipinski definition) is 0. The van der Waals surface area contributed by atoms with Gasteiger partial charge < -0.3 is 9.64 Å². The van der Waals surface area contributed by atoms with Gasteiger partial charge in [0.2, 0.25) is 0 Å². The molecule has 0 saturated heterocycles. The van der Waals surface area contributed by atoms with Gasteiger partial charge in [0, 0.05) is 18.0 Å². The summed E-state index contributed by atoms with van der Waals surface area (Å²) >= 11 is 1.23. The SMILES string of the molecule is CCCCn1nnnc1COC(=O)c1ccc2c(c1)SC1=NS(=O)(=O)CCN12. The first-order valence-corrected chi connectivity index (χ1v) is 11.2. The maximum atomic E-state index is 12.4. The van der Waals surface area contributed by atoms with Crippen molar-refractivity contribution in [3.8, 4) is 0 Å². The molecule has 0 spiro atoms. The molecular weight excluding hydrogens is 404 g/mol. The van der Waals surface area contributed by atoms with Crippen molar-refractivity contribution in [2.75, 3.05) is 17.2 Å². The third kappa shape index (κ3) is 3.74. The summed E-state index contributed by atoms with van der Waals surface area (Å²) < 4.78 is 34.2. The van der Waals surface area contributed by atoms with Crippen molar-refractivity contribution >= 4 is 38.6 Å². The first kappa shape index (κ1) is 18.9. The fourth-order valence-corrected chi connectivity index (χ4v) is 5.18. The fourth-order valence-electron chi connectivity index (χ4n) is 2.88. The topological polar surface area (TPSA) is 120 Å². The van der Waals surface area contributed by atoms with Crippen LogP contribution in [0.2, 0.25) is 0 Å². The maximum absolute atomic E-state index is 12.4. The van der Waals surface area contributed by atoms with E-state index in [1.165, 1.54) is 11.8 Å². The molecule has 0 unspecified atom stereocenters. The third-order valence-corrected chi connectivity index (χ3v) is 6.68. The zero-order valence-corrected chi connectivity index (χ0v) is 16.7. The highest BCUT2D eigenvalue weighted by Gasteiger charge is 2.33. The van der Waals surface area contributed by atoms with Crippen LogP contribution in [0.4, 0.5) is 5.69 Å². The van der Waals surface area contributed by atoms with Crippen molar-refractivity contribution in [1.82, 2.24) is 20.2 Å². The number of rotatable bonds is 6. The number of ether oxygens (including phenoxy) is 1. The average molecular weight is 422 g/mol. The number of tetrazole rings is 1. The highest BCUT2D eigenvalue weighted by molar-refractivity contribution is 8.15. The summed E-state index contributed by atoms with van der Waals surface area (Å²) in [6, 6.07) is 5.13. The summed E-state index contributed by atoms with van der Waals surface area (Å²) in [6.07, 6.45) is 1.94. The maximum Gasteiger partial charge on any atom is 0.338 e. The molecule has 28 heavy (non-hydrogen) atoms. The first-order valence-electron chi connectivity index (χ1n) is 8.81. The standard InChI is InChI=1S/C16H18N6O4S2/c1-2-3-6-22-14(17-19-20-22)10-26-15(23)11-4-5-12-13(9-11)27-16-18-28(24,25)8-7-21(12)16/h4-5,9H,2-3,6-8,10H2,1H3. The summed E-state index contributed by atoms with van der Waals surface area (Å²) in [4.78, 5) is 15.1. The number of aryl methyl sites for hydroxylation is 1. The number of unbranched alkanes of at least 4 members (excludes halogenated alkanes) is 1. The van der Waals surface area contributed by atoms with Crippen molar-refractivity contribution < 1.29 is 17.9 Å². The minimum absolute atomic E-state index is 0.0170. The van der Waals surface area contributed by atoms with E-state index in [-0.39, 0.29) is 12.4 Å². The van der Waals surface area contributed by atoms with Crippen molar-refractivity contribution in [2.24, 2.45) is 4.40 Å². The Kier molecular flexibility index (Phi) is 5.06. The van der Waals surface area contributed by atoms with Gasteiger partial charge in [-0.1, -0.05) is 13.3 Å². The molecule has 0 aliphatic carbocycles. The first-order chi connectivity index (χ1) is 13.5. The lowest BCUT2D eigenvalue weighted by Gasteiger charge is -2.22. The van der Waals surface area contributed by atoms with Gasteiger partial charge in [0.1, 0.15) is 0 Å². The minimum Gasteiger partial charge on any atom is -0.454 e. The number of nitrogens with zero attached hydrogens (tertiary/aromatic N) is 6. The zero-order chi connectivity index (χ0) is 19.7. The molecule has 0 radical (unpaired) electrons. The molecule has 0 bridgehead atoms.